The Labute approximate surface area is 232 Å². The third-order valence-corrected chi connectivity index (χ3v) is 7.48. The number of ether oxygens (including phenoxy) is 1. The molecule has 3 aromatic carbocycles. The number of hydrogen-bond donors (Lipinski definition) is 1. The van der Waals surface area contributed by atoms with Crippen LogP contribution in [0.4, 0.5) is 5.69 Å². The molecule has 0 aliphatic carbocycles. The van der Waals surface area contributed by atoms with Gasteiger partial charge in [-0.2, -0.15) is 0 Å². The maximum atomic E-state index is 13.5. The molecule has 2 heterocycles. The number of nitrogens with zero attached hydrogens (tertiary/aromatic N) is 2. The number of hydrogen-bond acceptors (Lipinski definition) is 4. The highest BCUT2D eigenvalue weighted by molar-refractivity contribution is 6.30. The van der Waals surface area contributed by atoms with E-state index in [-0.39, 0.29) is 24.1 Å². The molecule has 1 aromatic heterocycles. The highest BCUT2D eigenvalue weighted by Crippen LogP contribution is 2.31. The summed E-state index contributed by atoms with van der Waals surface area (Å²) in [6.07, 6.45) is 3.29. The van der Waals surface area contributed by atoms with Crippen molar-refractivity contribution in [2.75, 3.05) is 25.5 Å². The van der Waals surface area contributed by atoms with Crippen LogP contribution < -0.4 is 10.1 Å². The molecular formula is C31H30ClN3O4. The molecular weight excluding hydrogens is 514 g/mol. The van der Waals surface area contributed by atoms with Crippen LogP contribution in [0.2, 0.25) is 5.02 Å². The molecule has 0 spiro atoms. The fraction of sp³-hybridized carbons (Fsp3) is 0.258. The van der Waals surface area contributed by atoms with Gasteiger partial charge in [0.2, 0.25) is 5.91 Å². The van der Waals surface area contributed by atoms with Gasteiger partial charge in [-0.3, -0.25) is 19.0 Å². The third kappa shape index (κ3) is 5.54. The van der Waals surface area contributed by atoms with Gasteiger partial charge in [-0.25, -0.2) is 0 Å². The van der Waals surface area contributed by atoms with Gasteiger partial charge in [-0.1, -0.05) is 11.6 Å². The molecule has 200 valence electrons. The predicted molar refractivity (Wildman–Crippen MR) is 153 cm³/mol. The largest absolute Gasteiger partial charge is 0.497 e. The number of carbonyl (C=O) groups excluding carboxylic acids is 3. The highest BCUT2D eigenvalue weighted by atomic mass is 35.5. The van der Waals surface area contributed by atoms with Crippen LogP contribution in [0.15, 0.2) is 66.7 Å². The first-order valence-electron chi connectivity index (χ1n) is 13.0. The van der Waals surface area contributed by atoms with Gasteiger partial charge < -0.3 is 15.0 Å². The summed E-state index contributed by atoms with van der Waals surface area (Å²) in [5.41, 5.74) is 3.81. The zero-order valence-electron chi connectivity index (χ0n) is 22.0. The topological polar surface area (TPSA) is 80.6 Å². The number of piperidine rings is 1. The molecule has 4 aromatic rings. The molecule has 1 aliphatic rings. The van der Waals surface area contributed by atoms with E-state index in [0.29, 0.717) is 38.8 Å². The summed E-state index contributed by atoms with van der Waals surface area (Å²) < 4.78 is 7.05. The number of nitrogens with one attached hydrogen (secondary N) is 1. The van der Waals surface area contributed by atoms with Crippen LogP contribution >= 0.6 is 11.6 Å². The number of carbonyl (C=O) groups is 3. The Bertz CT molecular complexity index is 1540. The predicted octanol–water partition coefficient (Wildman–Crippen LogP) is 6.11. The van der Waals surface area contributed by atoms with Crippen LogP contribution in [0.25, 0.3) is 10.9 Å². The normalized spacial score (nSPS) is 13.4. The molecule has 39 heavy (non-hydrogen) atoms. The molecule has 0 unspecified atom stereocenters. The van der Waals surface area contributed by atoms with Gasteiger partial charge in [0.25, 0.3) is 11.8 Å². The second kappa shape index (κ2) is 11.3. The number of halogens is 1. The number of fused-ring (bicyclic) bond motifs is 1. The number of methoxy groups -OCH3 is 1. The number of aromatic nitrogens is 1. The van der Waals surface area contributed by atoms with E-state index < -0.39 is 0 Å². The fourth-order valence-corrected chi connectivity index (χ4v) is 5.26. The molecule has 2 amide bonds. The number of likely N-dealkylation sites (tertiary alicyclic amines) is 1. The van der Waals surface area contributed by atoms with Crippen LogP contribution in [-0.2, 0) is 11.2 Å². The van der Waals surface area contributed by atoms with Gasteiger partial charge in [-0.15, -0.1) is 0 Å². The van der Waals surface area contributed by atoms with E-state index in [9.17, 15) is 14.4 Å². The second-order valence-electron chi connectivity index (χ2n) is 9.75. The summed E-state index contributed by atoms with van der Waals surface area (Å²) >= 11 is 6.01. The summed E-state index contributed by atoms with van der Waals surface area (Å²) in [4.78, 5) is 41.3. The zero-order chi connectivity index (χ0) is 27.5. The molecule has 5 rings (SSSR count). The first kappa shape index (κ1) is 26.5. The van der Waals surface area contributed by atoms with Crippen molar-refractivity contribution in [2.45, 2.75) is 32.6 Å². The lowest BCUT2D eigenvalue weighted by Crippen LogP contribution is -2.35. The Hall–Kier alpha value is -4.10. The van der Waals surface area contributed by atoms with E-state index in [1.165, 1.54) is 0 Å². The molecule has 1 N–H and O–H groups in total. The quantitative estimate of drug-likeness (QED) is 0.318. The average molecular weight is 544 g/mol. The van der Waals surface area contributed by atoms with Gasteiger partial charge in [0, 0.05) is 46.0 Å². The standard InChI is InChI=1S/C31H30ClN3O4/c1-20-26(19-29(36)33-24-12-8-21(9-13-24)30(37)34-16-4-3-5-17-34)27-18-25(39-2)14-15-28(27)35(20)31(38)22-6-10-23(32)11-7-22/h6-15,18H,3-5,16-17,19H2,1-2H3,(H,33,36). The molecule has 0 saturated carbocycles. The highest BCUT2D eigenvalue weighted by Gasteiger charge is 2.23. The smallest absolute Gasteiger partial charge is 0.262 e. The maximum absolute atomic E-state index is 13.5. The van der Waals surface area contributed by atoms with E-state index >= 15 is 0 Å². The first-order chi connectivity index (χ1) is 18.9. The lowest BCUT2D eigenvalue weighted by molar-refractivity contribution is -0.115. The van der Waals surface area contributed by atoms with Crippen molar-refractivity contribution in [3.8, 4) is 5.75 Å². The van der Waals surface area contributed by atoms with Crippen molar-refractivity contribution in [1.82, 2.24) is 9.47 Å². The van der Waals surface area contributed by atoms with Crippen molar-refractivity contribution in [3.63, 3.8) is 0 Å². The van der Waals surface area contributed by atoms with Gasteiger partial charge >= 0.3 is 0 Å². The number of rotatable bonds is 6. The number of anilines is 1. The van der Waals surface area contributed by atoms with E-state index in [1.807, 2.05) is 24.0 Å². The van der Waals surface area contributed by atoms with Crippen molar-refractivity contribution < 1.29 is 19.1 Å². The SMILES string of the molecule is COc1ccc2c(c1)c(CC(=O)Nc1ccc(C(=O)N3CCCCC3)cc1)c(C)n2C(=O)c1ccc(Cl)cc1. The Morgan fingerprint density at radius 1 is 0.872 bits per heavy atom. The molecule has 0 atom stereocenters. The number of benzene rings is 3. The van der Waals surface area contributed by atoms with E-state index in [1.54, 1.807) is 66.3 Å². The summed E-state index contributed by atoms with van der Waals surface area (Å²) in [7, 11) is 1.58. The summed E-state index contributed by atoms with van der Waals surface area (Å²) in [6, 6.07) is 19.2. The Balaban J connectivity index is 1.39. The maximum Gasteiger partial charge on any atom is 0.262 e. The van der Waals surface area contributed by atoms with E-state index in [4.69, 9.17) is 16.3 Å². The van der Waals surface area contributed by atoms with Gasteiger partial charge in [0.1, 0.15) is 5.75 Å². The van der Waals surface area contributed by atoms with E-state index in [0.717, 1.165) is 43.3 Å². The Morgan fingerprint density at radius 2 is 1.51 bits per heavy atom. The monoisotopic (exact) mass is 543 g/mol. The number of amides is 2. The lowest BCUT2D eigenvalue weighted by atomic mass is 10.1. The molecule has 8 heteroatoms. The van der Waals surface area contributed by atoms with Crippen LogP contribution in [0.3, 0.4) is 0 Å². The molecule has 7 nitrogen and oxygen atoms in total. The zero-order valence-corrected chi connectivity index (χ0v) is 22.8. The van der Waals surface area contributed by atoms with Crippen molar-refractivity contribution in [2.24, 2.45) is 0 Å². The van der Waals surface area contributed by atoms with Crippen LogP contribution in [-0.4, -0.2) is 47.4 Å². The first-order valence-corrected chi connectivity index (χ1v) is 13.4. The minimum Gasteiger partial charge on any atom is -0.497 e. The lowest BCUT2D eigenvalue weighted by Gasteiger charge is -2.26. The van der Waals surface area contributed by atoms with Crippen molar-refractivity contribution in [1.29, 1.82) is 0 Å². The minimum absolute atomic E-state index is 0.0234. The van der Waals surface area contributed by atoms with Crippen LogP contribution in [0, 0.1) is 6.92 Å². The summed E-state index contributed by atoms with van der Waals surface area (Å²) in [5, 5.41) is 4.25. The fourth-order valence-electron chi connectivity index (χ4n) is 5.14. The van der Waals surface area contributed by atoms with E-state index in [2.05, 4.69) is 5.32 Å². The van der Waals surface area contributed by atoms with Crippen LogP contribution in [0.1, 0.15) is 51.2 Å². The molecule has 1 saturated heterocycles. The molecule has 0 bridgehead atoms. The van der Waals surface area contributed by atoms with Crippen molar-refractivity contribution in [3.05, 3.63) is 94.1 Å². The molecule has 1 fully saturated rings. The van der Waals surface area contributed by atoms with Gasteiger partial charge in [0.15, 0.2) is 0 Å². The second-order valence-corrected chi connectivity index (χ2v) is 10.2. The molecule has 0 radical (unpaired) electrons. The summed E-state index contributed by atoms with van der Waals surface area (Å²) in [5.74, 6) is 0.221. The minimum atomic E-state index is -0.228. The van der Waals surface area contributed by atoms with Crippen molar-refractivity contribution >= 4 is 45.9 Å². The Morgan fingerprint density at radius 3 is 2.18 bits per heavy atom. The third-order valence-electron chi connectivity index (χ3n) is 7.23. The van der Waals surface area contributed by atoms with Gasteiger partial charge in [0.05, 0.1) is 19.0 Å². The van der Waals surface area contributed by atoms with Gasteiger partial charge in [-0.05, 0) is 98.5 Å². The Kier molecular flexibility index (Phi) is 7.70. The van der Waals surface area contributed by atoms with Crippen LogP contribution in [0.5, 0.6) is 5.75 Å². The average Bonchev–Trinajstić information content (AvgIpc) is 3.23. The molecule has 1 aliphatic heterocycles. The summed E-state index contributed by atoms with van der Waals surface area (Å²) in [6.45, 7) is 3.41.